The molecule has 2 heterocycles. The minimum atomic E-state index is -0.247. The number of aromatic hydroxyl groups is 1. The van der Waals surface area contributed by atoms with E-state index in [-0.39, 0.29) is 37.6 Å². The Morgan fingerprint density at radius 3 is 2.10 bits per heavy atom. The second-order valence-corrected chi connectivity index (χ2v) is 13.0. The summed E-state index contributed by atoms with van der Waals surface area (Å²) in [5, 5.41) is 12.5. The fraction of sp³-hybridized carbons (Fsp3) is 0.229. The Morgan fingerprint density at radius 2 is 1.44 bits per heavy atom. The molecule has 1 N–H and O–H groups in total. The van der Waals surface area contributed by atoms with Crippen LogP contribution in [0.15, 0.2) is 101 Å². The van der Waals surface area contributed by atoms with Gasteiger partial charge in [0.25, 0.3) is 0 Å². The molecule has 0 atom stereocenters. The van der Waals surface area contributed by atoms with E-state index in [9.17, 15) is 5.11 Å². The SMILES string of the molecule is CC(C)(C)c1cc(-c2cc(-c3ccccc3)nc(-c3[c-]c(Sc4ccccn4)ccc3)n2)c(O)c(C(C)(C)C)c1.[Pt]. The summed E-state index contributed by atoms with van der Waals surface area (Å²) in [5.41, 5.74) is 5.62. The number of benzene rings is 3. The smallest absolute Gasteiger partial charge is 0.128 e. The quantitative estimate of drug-likeness (QED) is 0.182. The normalized spacial score (nSPS) is 11.7. The van der Waals surface area contributed by atoms with Crippen LogP contribution in [0.2, 0.25) is 0 Å². The summed E-state index contributed by atoms with van der Waals surface area (Å²) in [6, 6.07) is 31.6. The minimum absolute atomic E-state index is 0. The molecule has 0 radical (unpaired) electrons. The van der Waals surface area contributed by atoms with Crippen LogP contribution in [0.1, 0.15) is 52.7 Å². The summed E-state index contributed by atoms with van der Waals surface area (Å²) < 4.78 is 0. The molecule has 41 heavy (non-hydrogen) atoms. The van der Waals surface area contributed by atoms with Gasteiger partial charge in [-0.05, 0) is 46.2 Å². The fourth-order valence-electron chi connectivity index (χ4n) is 4.45. The molecule has 5 aromatic rings. The first kappa shape index (κ1) is 30.7. The van der Waals surface area contributed by atoms with E-state index in [0.717, 1.165) is 37.9 Å². The first-order valence-electron chi connectivity index (χ1n) is 13.4. The molecule has 0 aliphatic heterocycles. The Kier molecular flexibility index (Phi) is 9.21. The van der Waals surface area contributed by atoms with E-state index in [1.807, 2.05) is 72.8 Å². The first-order valence-corrected chi connectivity index (χ1v) is 14.3. The van der Waals surface area contributed by atoms with Gasteiger partial charge in [0.1, 0.15) is 5.75 Å². The zero-order valence-corrected chi connectivity index (χ0v) is 27.3. The Labute approximate surface area is 262 Å². The molecule has 0 amide bonds. The van der Waals surface area contributed by atoms with Gasteiger partial charge < -0.3 is 5.11 Å². The Morgan fingerprint density at radius 1 is 0.732 bits per heavy atom. The number of nitrogens with zero attached hydrogens (tertiary/aromatic N) is 3. The van der Waals surface area contributed by atoms with Gasteiger partial charge in [-0.25, -0.2) is 4.98 Å². The monoisotopic (exact) mass is 739 g/mol. The van der Waals surface area contributed by atoms with E-state index in [0.29, 0.717) is 17.1 Å². The molecular formula is C35H34N3OPtS-. The van der Waals surface area contributed by atoms with Gasteiger partial charge in [-0.1, -0.05) is 101 Å². The van der Waals surface area contributed by atoms with Crippen molar-refractivity contribution in [2.24, 2.45) is 0 Å². The van der Waals surface area contributed by atoms with Crippen molar-refractivity contribution in [2.45, 2.75) is 62.3 Å². The van der Waals surface area contributed by atoms with Crippen molar-refractivity contribution in [3.05, 3.63) is 108 Å². The summed E-state index contributed by atoms with van der Waals surface area (Å²) in [6.45, 7) is 12.9. The molecule has 0 spiro atoms. The Balaban J connectivity index is 0.00000387. The van der Waals surface area contributed by atoms with Crippen LogP contribution in [0.3, 0.4) is 0 Å². The number of rotatable bonds is 5. The molecule has 0 aliphatic carbocycles. The van der Waals surface area contributed by atoms with Crippen LogP contribution in [0.4, 0.5) is 0 Å². The molecule has 2 aromatic heterocycles. The van der Waals surface area contributed by atoms with E-state index in [1.54, 1.807) is 18.0 Å². The van der Waals surface area contributed by atoms with Crippen LogP contribution in [0.5, 0.6) is 5.75 Å². The molecular weight excluding hydrogens is 706 g/mol. The van der Waals surface area contributed by atoms with Gasteiger partial charge in [0, 0.05) is 38.4 Å². The van der Waals surface area contributed by atoms with Crippen molar-refractivity contribution in [1.82, 2.24) is 15.0 Å². The predicted molar refractivity (Wildman–Crippen MR) is 165 cm³/mol. The van der Waals surface area contributed by atoms with Crippen LogP contribution in [-0.2, 0) is 31.9 Å². The largest absolute Gasteiger partial charge is 0.507 e. The standard InChI is InChI=1S/C35H34N3OS.Pt/c1-34(2,3)25-20-27(32(39)28(21-25)35(4,5)6)30-22-29(23-13-8-7-9-14-23)37-33(38-30)24-15-12-16-26(19-24)40-31-17-10-11-18-36-31;/h7-18,20-22,39H,1-6H3;/q-1;. The average molecular weight is 740 g/mol. The van der Waals surface area contributed by atoms with E-state index in [4.69, 9.17) is 9.97 Å². The van der Waals surface area contributed by atoms with E-state index < -0.39 is 0 Å². The predicted octanol–water partition coefficient (Wildman–Crippen LogP) is 9.12. The number of phenols is 1. The molecule has 5 rings (SSSR count). The van der Waals surface area contributed by atoms with E-state index in [1.165, 1.54) is 0 Å². The Bertz CT molecular complexity index is 1640. The van der Waals surface area contributed by atoms with Gasteiger partial charge in [-0.2, -0.15) is 0 Å². The number of aromatic nitrogens is 3. The number of hydrogen-bond donors (Lipinski definition) is 1. The second kappa shape index (κ2) is 12.3. The van der Waals surface area contributed by atoms with Crippen molar-refractivity contribution in [2.75, 3.05) is 0 Å². The van der Waals surface area contributed by atoms with E-state index >= 15 is 0 Å². The van der Waals surface area contributed by atoms with E-state index in [2.05, 4.69) is 64.7 Å². The molecule has 0 aliphatic rings. The number of phenolic OH excluding ortho intramolecular Hbond substituents is 1. The van der Waals surface area contributed by atoms with Crippen LogP contribution in [0, 0.1) is 6.07 Å². The summed E-state index contributed by atoms with van der Waals surface area (Å²) >= 11 is 1.55. The average Bonchev–Trinajstić information content (AvgIpc) is 2.93. The molecule has 0 unspecified atom stereocenters. The summed E-state index contributed by atoms with van der Waals surface area (Å²) in [5.74, 6) is 0.810. The van der Waals surface area contributed by atoms with Gasteiger partial charge in [0.2, 0.25) is 0 Å². The summed E-state index contributed by atoms with van der Waals surface area (Å²) in [6.07, 6.45) is 1.79. The minimum Gasteiger partial charge on any atom is -0.507 e. The van der Waals surface area contributed by atoms with Crippen molar-refractivity contribution < 1.29 is 26.2 Å². The molecule has 3 aromatic carbocycles. The first-order chi connectivity index (χ1) is 19.0. The molecule has 0 fully saturated rings. The number of pyridine rings is 1. The molecule has 0 saturated carbocycles. The van der Waals surface area contributed by atoms with Crippen LogP contribution in [-0.4, -0.2) is 20.1 Å². The van der Waals surface area contributed by atoms with Crippen molar-refractivity contribution in [3.8, 4) is 39.7 Å². The maximum absolute atomic E-state index is 11.6. The van der Waals surface area contributed by atoms with Crippen LogP contribution >= 0.6 is 11.8 Å². The van der Waals surface area contributed by atoms with Crippen LogP contribution in [0.25, 0.3) is 33.9 Å². The van der Waals surface area contributed by atoms with Gasteiger partial charge in [0.15, 0.2) is 0 Å². The topological polar surface area (TPSA) is 58.9 Å². The third-order valence-electron chi connectivity index (χ3n) is 6.72. The van der Waals surface area contributed by atoms with Crippen LogP contribution < -0.4 is 0 Å². The zero-order chi connectivity index (χ0) is 28.5. The molecule has 4 nitrogen and oxygen atoms in total. The number of hydrogen-bond acceptors (Lipinski definition) is 5. The van der Waals surface area contributed by atoms with Crippen molar-refractivity contribution in [3.63, 3.8) is 0 Å². The van der Waals surface area contributed by atoms with Crippen molar-refractivity contribution in [1.29, 1.82) is 0 Å². The Hall–Kier alpha value is -3.27. The van der Waals surface area contributed by atoms with Gasteiger partial charge in [-0.15, -0.1) is 29.8 Å². The molecule has 212 valence electrons. The van der Waals surface area contributed by atoms with Gasteiger partial charge in [0.05, 0.1) is 22.2 Å². The zero-order valence-electron chi connectivity index (χ0n) is 24.2. The van der Waals surface area contributed by atoms with Gasteiger partial charge in [-0.3, -0.25) is 9.97 Å². The third kappa shape index (κ3) is 7.15. The maximum Gasteiger partial charge on any atom is 0.128 e. The maximum atomic E-state index is 11.6. The van der Waals surface area contributed by atoms with Gasteiger partial charge >= 0.3 is 0 Å². The molecule has 0 bridgehead atoms. The third-order valence-corrected chi connectivity index (χ3v) is 7.63. The summed E-state index contributed by atoms with van der Waals surface area (Å²) in [4.78, 5) is 15.4. The van der Waals surface area contributed by atoms with Crippen molar-refractivity contribution >= 4 is 11.8 Å². The molecule has 0 saturated heterocycles. The fourth-order valence-corrected chi connectivity index (χ4v) is 5.25. The summed E-state index contributed by atoms with van der Waals surface area (Å²) in [7, 11) is 0. The molecule has 6 heteroatoms. The second-order valence-electron chi connectivity index (χ2n) is 11.9.